The smallest absolute Gasteiger partial charge is 0.490 e. The summed E-state index contributed by atoms with van der Waals surface area (Å²) in [5.74, 6) is -1.22. The van der Waals surface area contributed by atoms with Crippen molar-refractivity contribution in [3.63, 3.8) is 0 Å². The van der Waals surface area contributed by atoms with Gasteiger partial charge in [0.05, 0.1) is 14.2 Å². The topological polar surface area (TPSA) is 91.3 Å². The maximum Gasteiger partial charge on any atom is 0.490 e. The molecule has 0 aromatic heterocycles. The number of urea groups is 1. The van der Waals surface area contributed by atoms with Gasteiger partial charge in [0, 0.05) is 30.2 Å². The van der Waals surface area contributed by atoms with Crippen molar-refractivity contribution in [1.82, 2.24) is 10.2 Å². The van der Waals surface area contributed by atoms with Gasteiger partial charge in [-0.1, -0.05) is 23.8 Å². The second kappa shape index (κ2) is 12.1. The molecule has 0 radical (unpaired) electrons. The molecule has 0 spiro atoms. The lowest BCUT2D eigenvalue weighted by Gasteiger charge is -2.45. The number of methoxy groups -OCH3 is 2. The number of hydrogen-bond donors (Lipinski definition) is 2. The van der Waals surface area contributed by atoms with Crippen LogP contribution in [0, 0.1) is 6.92 Å². The van der Waals surface area contributed by atoms with E-state index < -0.39 is 12.1 Å². The van der Waals surface area contributed by atoms with E-state index in [2.05, 4.69) is 36.3 Å². The second-order valence-electron chi connectivity index (χ2n) is 10.1. The van der Waals surface area contributed by atoms with Crippen LogP contribution >= 0.6 is 0 Å². The second-order valence-corrected chi connectivity index (χ2v) is 10.1. The summed E-state index contributed by atoms with van der Waals surface area (Å²) in [6.45, 7) is 3.11. The molecule has 2 N–H and O–H groups in total. The summed E-state index contributed by atoms with van der Waals surface area (Å²) >= 11 is 0. The number of halogens is 3. The van der Waals surface area contributed by atoms with Gasteiger partial charge >= 0.3 is 18.2 Å². The van der Waals surface area contributed by atoms with Crippen molar-refractivity contribution in [2.45, 2.75) is 56.3 Å². The van der Waals surface area contributed by atoms with Gasteiger partial charge in [0.25, 0.3) is 0 Å². The van der Waals surface area contributed by atoms with Crippen molar-refractivity contribution in [3.8, 4) is 11.5 Å². The van der Waals surface area contributed by atoms with E-state index in [1.54, 1.807) is 19.1 Å². The number of anilines is 1. The van der Waals surface area contributed by atoms with Gasteiger partial charge in [-0.2, -0.15) is 13.2 Å². The fourth-order valence-corrected chi connectivity index (χ4v) is 5.55. The number of rotatable bonds is 5. The molecule has 8 nitrogen and oxygen atoms in total. The Kier molecular flexibility index (Phi) is 9.37. The van der Waals surface area contributed by atoms with E-state index in [1.807, 2.05) is 37.4 Å². The van der Waals surface area contributed by atoms with Crippen LogP contribution in [0.4, 0.5) is 23.7 Å². The predicted molar refractivity (Wildman–Crippen MR) is 142 cm³/mol. The molecule has 1 aliphatic carbocycles. The number of likely N-dealkylation sites (tertiary alicyclic amines) is 1. The maximum absolute atomic E-state index is 12.9. The van der Waals surface area contributed by atoms with E-state index >= 15 is 0 Å². The number of carbonyl (C=O) groups excluding carboxylic acids is 1. The molecule has 1 aliphatic heterocycles. The Morgan fingerprint density at radius 3 is 2.26 bits per heavy atom. The fraction of sp³-hybridized carbons (Fsp3) is 0.500. The number of fused-ring (bicyclic) bond motifs is 1. The van der Waals surface area contributed by atoms with Gasteiger partial charge in [-0.3, -0.25) is 4.90 Å². The number of carboxylic acid groups (broad SMARTS) is 1. The number of likely N-dealkylation sites (N-methyl/N-ethyl adjacent to an activating group) is 1. The normalized spacial score (nSPS) is 22.7. The molecule has 2 aromatic carbocycles. The Bertz CT molecular complexity index is 1160. The van der Waals surface area contributed by atoms with E-state index in [-0.39, 0.29) is 17.5 Å². The van der Waals surface area contributed by atoms with Gasteiger partial charge in [-0.15, -0.1) is 0 Å². The molecule has 2 amide bonds. The average Bonchev–Trinajstić information content (AvgIpc) is 3.24. The maximum atomic E-state index is 12.9. The molecule has 2 fully saturated rings. The Morgan fingerprint density at radius 1 is 1.08 bits per heavy atom. The molecule has 0 bridgehead atoms. The number of carboxylic acids is 1. The van der Waals surface area contributed by atoms with Crippen molar-refractivity contribution in [2.75, 3.05) is 39.8 Å². The zero-order valence-corrected chi connectivity index (χ0v) is 22.8. The van der Waals surface area contributed by atoms with Crippen molar-refractivity contribution >= 4 is 17.7 Å². The zero-order valence-electron chi connectivity index (χ0n) is 22.8. The number of ether oxygens (including phenoxy) is 2. The molecule has 1 saturated heterocycles. The van der Waals surface area contributed by atoms with Gasteiger partial charge in [0.1, 0.15) is 0 Å². The molecular weight excluding hydrogens is 515 g/mol. The summed E-state index contributed by atoms with van der Waals surface area (Å²) in [6.07, 6.45) is -1.02. The summed E-state index contributed by atoms with van der Waals surface area (Å²) in [4.78, 5) is 26.0. The van der Waals surface area contributed by atoms with Crippen molar-refractivity contribution in [3.05, 3.63) is 53.6 Å². The van der Waals surface area contributed by atoms with Crippen LogP contribution in [0.2, 0.25) is 0 Å². The van der Waals surface area contributed by atoms with Crippen LogP contribution in [0.25, 0.3) is 0 Å². The third-order valence-corrected chi connectivity index (χ3v) is 7.78. The quantitative estimate of drug-likeness (QED) is 0.545. The Labute approximate surface area is 226 Å². The fourth-order valence-electron chi connectivity index (χ4n) is 5.55. The minimum atomic E-state index is -5.08. The third kappa shape index (κ3) is 6.76. The molecule has 0 unspecified atom stereocenters. The number of aryl methyl sites for hydroxylation is 1. The van der Waals surface area contributed by atoms with E-state index in [1.165, 1.54) is 11.1 Å². The van der Waals surface area contributed by atoms with Crippen LogP contribution in [0.15, 0.2) is 42.5 Å². The first kappa shape index (κ1) is 30.1. The summed E-state index contributed by atoms with van der Waals surface area (Å²) in [7, 11) is 7.40. The molecule has 4 rings (SSSR count). The van der Waals surface area contributed by atoms with Gasteiger partial charge in [0.15, 0.2) is 11.5 Å². The standard InChI is InChI=1S/C26H35N3O3.C2HF3O2/c1-18-6-9-21(10-7-18)29(3)25(30)27-20-12-13-26(14-15-28(2)24(26)17-20)19-8-11-22(31-4)23(16-19)32-5;3-2(4,5)1(6)7/h6-11,16,20,24H,12-15,17H2,1-5H3,(H,27,30);(H,6,7)/t20-,24+,26+;/m1./s1. The number of nitrogens with one attached hydrogen (secondary N) is 1. The third-order valence-electron chi connectivity index (χ3n) is 7.78. The molecule has 11 heteroatoms. The van der Waals surface area contributed by atoms with Gasteiger partial charge in [0.2, 0.25) is 0 Å². The summed E-state index contributed by atoms with van der Waals surface area (Å²) < 4.78 is 42.8. The van der Waals surface area contributed by atoms with Crippen molar-refractivity contribution < 1.29 is 37.3 Å². The highest BCUT2D eigenvalue weighted by atomic mass is 19.4. The Balaban J connectivity index is 0.000000532. The number of hydrogen-bond acceptors (Lipinski definition) is 5. The van der Waals surface area contributed by atoms with E-state index in [0.717, 1.165) is 49.4 Å². The molecule has 1 saturated carbocycles. The molecular formula is C28H36F3N3O5. The number of aliphatic carboxylic acids is 1. The van der Waals surface area contributed by atoms with E-state index in [4.69, 9.17) is 19.4 Å². The SMILES string of the molecule is COc1ccc([C@@]23CC[C@@H](NC(=O)N(C)c4ccc(C)cc4)C[C@@H]2N(C)CC3)cc1OC.O=C(O)C(F)(F)F. The van der Waals surface area contributed by atoms with Crippen LogP contribution < -0.4 is 19.7 Å². The molecule has 2 aromatic rings. The average molecular weight is 552 g/mol. The Morgan fingerprint density at radius 2 is 1.69 bits per heavy atom. The summed E-state index contributed by atoms with van der Waals surface area (Å²) in [5, 5.41) is 10.4. The number of alkyl halides is 3. The van der Waals surface area contributed by atoms with Gasteiger partial charge in [-0.25, -0.2) is 9.59 Å². The molecule has 3 atom stereocenters. The van der Waals surface area contributed by atoms with Crippen LogP contribution in [0.3, 0.4) is 0 Å². The summed E-state index contributed by atoms with van der Waals surface area (Å²) in [6, 6.07) is 14.9. The highest BCUT2D eigenvalue weighted by Crippen LogP contribution is 2.49. The molecule has 1 heterocycles. The Hall–Kier alpha value is -3.47. The molecule has 39 heavy (non-hydrogen) atoms. The van der Waals surface area contributed by atoms with E-state index in [9.17, 15) is 18.0 Å². The first-order valence-electron chi connectivity index (χ1n) is 12.7. The number of benzene rings is 2. The summed E-state index contributed by atoms with van der Waals surface area (Å²) in [5.41, 5.74) is 3.48. The lowest BCUT2D eigenvalue weighted by molar-refractivity contribution is -0.192. The minimum Gasteiger partial charge on any atom is -0.493 e. The van der Waals surface area contributed by atoms with Gasteiger partial charge < -0.3 is 24.8 Å². The zero-order chi connectivity index (χ0) is 29.0. The number of amides is 2. The van der Waals surface area contributed by atoms with Crippen LogP contribution in [0.5, 0.6) is 11.5 Å². The lowest BCUT2D eigenvalue weighted by atomic mass is 9.65. The first-order chi connectivity index (χ1) is 18.3. The highest BCUT2D eigenvalue weighted by Gasteiger charge is 2.50. The monoisotopic (exact) mass is 551 g/mol. The predicted octanol–water partition coefficient (Wildman–Crippen LogP) is 4.99. The molecule has 2 aliphatic rings. The van der Waals surface area contributed by atoms with Crippen LogP contribution in [-0.2, 0) is 10.2 Å². The van der Waals surface area contributed by atoms with Crippen LogP contribution in [0.1, 0.15) is 36.8 Å². The minimum absolute atomic E-state index is 0.0434. The van der Waals surface area contributed by atoms with Crippen molar-refractivity contribution in [2.24, 2.45) is 0 Å². The highest BCUT2D eigenvalue weighted by molar-refractivity contribution is 5.91. The van der Waals surface area contributed by atoms with Gasteiger partial charge in [-0.05, 0) is 76.0 Å². The van der Waals surface area contributed by atoms with Crippen molar-refractivity contribution in [1.29, 1.82) is 0 Å². The molecule has 214 valence electrons. The number of carbonyl (C=O) groups is 2. The van der Waals surface area contributed by atoms with Crippen LogP contribution in [-0.4, -0.2) is 75.1 Å². The van der Waals surface area contributed by atoms with E-state index in [0.29, 0.717) is 6.04 Å². The lowest BCUT2D eigenvalue weighted by Crippen LogP contribution is -2.53. The largest absolute Gasteiger partial charge is 0.493 e. The number of nitrogens with zero attached hydrogens (tertiary/aromatic N) is 2. The first-order valence-corrected chi connectivity index (χ1v) is 12.7.